The molecule has 2 rings (SSSR count). The van der Waals surface area contributed by atoms with Crippen molar-refractivity contribution in [2.75, 3.05) is 12.4 Å². The number of oxime groups is 1. The van der Waals surface area contributed by atoms with Crippen LogP contribution in [0.25, 0.3) is 0 Å². The molecular weight excluding hydrogens is 408 g/mol. The Morgan fingerprint density at radius 1 is 1.31 bits per heavy atom. The Balaban J connectivity index is 2.10. The molecule has 0 radical (unpaired) electrons. The SMILES string of the molecule is C/C(=N/OCc1c(Cl)cccc1NC(=O)N(C)NN)c1cccc(OC(F)F)c1. The summed E-state index contributed by atoms with van der Waals surface area (Å²) < 4.78 is 29.1. The van der Waals surface area contributed by atoms with E-state index in [1.165, 1.54) is 19.2 Å². The molecule has 0 saturated heterocycles. The molecule has 0 heterocycles. The highest BCUT2D eigenvalue weighted by Crippen LogP contribution is 2.26. The van der Waals surface area contributed by atoms with Crippen LogP contribution in [0.15, 0.2) is 47.6 Å². The largest absolute Gasteiger partial charge is 0.435 e. The van der Waals surface area contributed by atoms with Crippen LogP contribution in [-0.2, 0) is 11.4 Å². The number of nitrogens with one attached hydrogen (secondary N) is 2. The second-order valence-electron chi connectivity index (χ2n) is 5.74. The molecule has 0 aliphatic rings. The molecule has 11 heteroatoms. The van der Waals surface area contributed by atoms with Gasteiger partial charge in [-0.1, -0.05) is 35.0 Å². The van der Waals surface area contributed by atoms with Crippen molar-refractivity contribution in [1.29, 1.82) is 0 Å². The summed E-state index contributed by atoms with van der Waals surface area (Å²) in [4.78, 5) is 17.3. The van der Waals surface area contributed by atoms with Crippen LogP contribution in [-0.4, -0.2) is 30.4 Å². The third-order valence-electron chi connectivity index (χ3n) is 3.75. The maximum Gasteiger partial charge on any atom is 0.387 e. The summed E-state index contributed by atoms with van der Waals surface area (Å²) >= 11 is 6.21. The number of hydrazine groups is 2. The highest BCUT2D eigenvalue weighted by atomic mass is 35.5. The summed E-state index contributed by atoms with van der Waals surface area (Å²) in [5.74, 6) is 5.21. The number of nitrogens with zero attached hydrogens (tertiary/aromatic N) is 2. The number of alkyl halides is 2. The predicted octanol–water partition coefficient (Wildman–Crippen LogP) is 3.72. The molecule has 0 aliphatic carbocycles. The first-order valence-corrected chi connectivity index (χ1v) is 8.69. The van der Waals surface area contributed by atoms with E-state index in [0.717, 1.165) is 5.01 Å². The number of nitrogens with two attached hydrogens (primary N) is 1. The maximum atomic E-state index is 12.3. The van der Waals surface area contributed by atoms with Crippen molar-refractivity contribution in [3.05, 3.63) is 58.6 Å². The smallest absolute Gasteiger partial charge is 0.387 e. The number of benzene rings is 2. The van der Waals surface area contributed by atoms with Gasteiger partial charge in [0.1, 0.15) is 12.4 Å². The molecule has 4 N–H and O–H groups in total. The van der Waals surface area contributed by atoms with E-state index in [1.54, 1.807) is 37.3 Å². The molecule has 156 valence electrons. The van der Waals surface area contributed by atoms with E-state index in [1.807, 2.05) is 0 Å². The minimum absolute atomic E-state index is 0.0146. The molecule has 0 saturated carbocycles. The summed E-state index contributed by atoms with van der Waals surface area (Å²) in [5.41, 5.74) is 4.10. The standard InChI is InChI=1S/C18H20ClF2N5O3/c1-11(12-5-3-6-13(9-12)29-17(20)21)24-28-10-14-15(19)7-4-8-16(14)23-18(27)26(2)25-22/h3-9,17,25H,10,22H2,1-2H3,(H,23,27)/b24-11-. The zero-order valence-corrected chi connectivity index (χ0v) is 16.4. The van der Waals surface area contributed by atoms with Gasteiger partial charge < -0.3 is 14.9 Å². The maximum absolute atomic E-state index is 12.3. The third-order valence-corrected chi connectivity index (χ3v) is 4.10. The summed E-state index contributed by atoms with van der Waals surface area (Å²) in [6.45, 7) is -1.31. The van der Waals surface area contributed by atoms with Crippen LogP contribution >= 0.6 is 11.6 Å². The molecule has 0 bridgehead atoms. The van der Waals surface area contributed by atoms with Crippen molar-refractivity contribution in [3.8, 4) is 5.75 Å². The fraction of sp³-hybridized carbons (Fsp3) is 0.222. The van der Waals surface area contributed by atoms with Crippen LogP contribution in [0.1, 0.15) is 18.1 Å². The van der Waals surface area contributed by atoms with E-state index in [2.05, 4.69) is 20.7 Å². The molecule has 0 unspecified atom stereocenters. The zero-order valence-electron chi connectivity index (χ0n) is 15.7. The third kappa shape index (κ3) is 6.56. The first-order valence-electron chi connectivity index (χ1n) is 8.32. The van der Waals surface area contributed by atoms with Crippen molar-refractivity contribution in [3.63, 3.8) is 0 Å². The van der Waals surface area contributed by atoms with Gasteiger partial charge in [0.15, 0.2) is 0 Å². The fourth-order valence-electron chi connectivity index (χ4n) is 2.22. The van der Waals surface area contributed by atoms with Gasteiger partial charge >= 0.3 is 12.6 Å². The van der Waals surface area contributed by atoms with Crippen LogP contribution in [0.4, 0.5) is 19.3 Å². The number of hydrogen-bond acceptors (Lipinski definition) is 6. The number of anilines is 1. The van der Waals surface area contributed by atoms with Gasteiger partial charge in [-0.05, 0) is 31.2 Å². The summed E-state index contributed by atoms with van der Waals surface area (Å²) in [6.07, 6.45) is 0. The number of ether oxygens (including phenoxy) is 1. The number of carbonyl (C=O) groups is 1. The summed E-state index contributed by atoms with van der Waals surface area (Å²) in [5, 5.41) is 8.03. The lowest BCUT2D eigenvalue weighted by atomic mass is 10.1. The summed E-state index contributed by atoms with van der Waals surface area (Å²) in [7, 11) is 1.44. The average Bonchev–Trinajstić information content (AvgIpc) is 2.68. The van der Waals surface area contributed by atoms with Gasteiger partial charge in [-0.15, -0.1) is 0 Å². The van der Waals surface area contributed by atoms with E-state index in [9.17, 15) is 13.6 Å². The summed E-state index contributed by atoms with van der Waals surface area (Å²) in [6, 6.07) is 10.5. The number of carbonyl (C=O) groups excluding carboxylic acids is 1. The van der Waals surface area contributed by atoms with Gasteiger partial charge in [-0.25, -0.2) is 9.80 Å². The molecule has 29 heavy (non-hydrogen) atoms. The van der Waals surface area contributed by atoms with Gasteiger partial charge in [-0.3, -0.25) is 5.84 Å². The Labute approximate surface area is 171 Å². The van der Waals surface area contributed by atoms with Gasteiger partial charge in [0.05, 0.1) is 11.4 Å². The molecule has 8 nitrogen and oxygen atoms in total. The Bertz CT molecular complexity index is 882. The molecule has 0 fully saturated rings. The number of halogens is 3. The van der Waals surface area contributed by atoms with Gasteiger partial charge in [-0.2, -0.15) is 14.3 Å². The number of urea groups is 1. The molecule has 2 amide bonds. The van der Waals surface area contributed by atoms with Crippen LogP contribution in [0, 0.1) is 0 Å². The number of rotatable bonds is 8. The second kappa shape index (κ2) is 10.6. The van der Waals surface area contributed by atoms with Crippen LogP contribution in [0.5, 0.6) is 5.75 Å². The van der Waals surface area contributed by atoms with Gasteiger partial charge in [0.2, 0.25) is 0 Å². The minimum atomic E-state index is -2.92. The van der Waals surface area contributed by atoms with Crippen molar-refractivity contribution in [1.82, 2.24) is 10.5 Å². The van der Waals surface area contributed by atoms with E-state index in [4.69, 9.17) is 22.3 Å². The minimum Gasteiger partial charge on any atom is -0.435 e. The normalized spacial score (nSPS) is 11.3. The second-order valence-corrected chi connectivity index (χ2v) is 6.15. The average molecular weight is 428 g/mol. The van der Waals surface area contributed by atoms with E-state index in [-0.39, 0.29) is 12.4 Å². The molecule has 0 spiro atoms. The first kappa shape index (κ1) is 22.3. The van der Waals surface area contributed by atoms with Crippen molar-refractivity contribution < 1.29 is 23.1 Å². The quantitative estimate of drug-likeness (QED) is 0.338. The Hall–Kier alpha value is -2.95. The van der Waals surface area contributed by atoms with Gasteiger partial charge in [0.25, 0.3) is 0 Å². The van der Waals surface area contributed by atoms with Crippen molar-refractivity contribution in [2.24, 2.45) is 11.0 Å². The fourth-order valence-corrected chi connectivity index (χ4v) is 2.45. The highest BCUT2D eigenvalue weighted by Gasteiger charge is 2.13. The monoisotopic (exact) mass is 427 g/mol. The molecule has 0 aliphatic heterocycles. The van der Waals surface area contributed by atoms with Gasteiger partial charge in [0, 0.05) is 23.2 Å². The Morgan fingerprint density at radius 3 is 2.72 bits per heavy atom. The number of amides is 2. The lowest BCUT2D eigenvalue weighted by Gasteiger charge is -2.17. The molecular formula is C18H20ClF2N5O3. The Kier molecular flexibility index (Phi) is 8.13. The van der Waals surface area contributed by atoms with E-state index < -0.39 is 12.6 Å². The van der Waals surface area contributed by atoms with Crippen molar-refractivity contribution >= 4 is 29.0 Å². The molecule has 2 aromatic carbocycles. The molecule has 0 aromatic heterocycles. The lowest BCUT2D eigenvalue weighted by molar-refractivity contribution is -0.0498. The molecule has 0 atom stereocenters. The lowest BCUT2D eigenvalue weighted by Crippen LogP contribution is -2.46. The van der Waals surface area contributed by atoms with Crippen LogP contribution < -0.4 is 21.4 Å². The zero-order chi connectivity index (χ0) is 21.4. The van der Waals surface area contributed by atoms with E-state index >= 15 is 0 Å². The van der Waals surface area contributed by atoms with Crippen LogP contribution in [0.2, 0.25) is 5.02 Å². The highest BCUT2D eigenvalue weighted by molar-refractivity contribution is 6.31. The topological polar surface area (TPSA) is 101 Å². The predicted molar refractivity (Wildman–Crippen MR) is 106 cm³/mol. The van der Waals surface area contributed by atoms with Crippen LogP contribution in [0.3, 0.4) is 0 Å². The first-order chi connectivity index (χ1) is 13.8. The Morgan fingerprint density at radius 2 is 2.03 bits per heavy atom. The van der Waals surface area contributed by atoms with Crippen molar-refractivity contribution in [2.45, 2.75) is 20.1 Å². The van der Waals surface area contributed by atoms with E-state index in [0.29, 0.717) is 27.5 Å². The molecule has 2 aromatic rings. The number of hydrogen-bond donors (Lipinski definition) is 3.